The fourth-order valence-corrected chi connectivity index (χ4v) is 4.52. The van der Waals surface area contributed by atoms with Gasteiger partial charge in [-0.2, -0.15) is 4.98 Å². The minimum atomic E-state index is 0.493. The second kappa shape index (κ2) is 8.59. The van der Waals surface area contributed by atoms with E-state index in [1.54, 1.807) is 6.33 Å². The first-order valence-electron chi connectivity index (χ1n) is 11.9. The Morgan fingerprint density at radius 1 is 1.03 bits per heavy atom. The summed E-state index contributed by atoms with van der Waals surface area (Å²) in [6.07, 6.45) is 3.53. The van der Waals surface area contributed by atoms with Crippen molar-refractivity contribution in [2.45, 2.75) is 39.9 Å². The Balaban J connectivity index is 1.29. The molecule has 0 unspecified atom stereocenters. The number of aromatic amines is 1. The third-order valence-electron chi connectivity index (χ3n) is 6.42. The molecule has 0 saturated carbocycles. The number of nitrogens with zero attached hydrogens (tertiary/aromatic N) is 7. The summed E-state index contributed by atoms with van der Waals surface area (Å²) in [5.74, 6) is 1.59. The van der Waals surface area contributed by atoms with Crippen LogP contribution in [0.5, 0.6) is 0 Å². The van der Waals surface area contributed by atoms with E-state index in [4.69, 9.17) is 4.98 Å². The normalized spacial score (nSPS) is 13.9. The average Bonchev–Trinajstić information content (AvgIpc) is 3.50. The summed E-state index contributed by atoms with van der Waals surface area (Å²) < 4.78 is 1.99. The van der Waals surface area contributed by atoms with Gasteiger partial charge in [0.25, 0.3) is 0 Å². The van der Waals surface area contributed by atoms with Gasteiger partial charge in [-0.25, -0.2) is 9.67 Å². The predicted molar refractivity (Wildman–Crippen MR) is 136 cm³/mol. The van der Waals surface area contributed by atoms with Gasteiger partial charge in [0.1, 0.15) is 5.82 Å². The van der Waals surface area contributed by atoms with Crippen molar-refractivity contribution >= 4 is 22.5 Å². The maximum absolute atomic E-state index is 4.72. The van der Waals surface area contributed by atoms with Gasteiger partial charge < -0.3 is 10.3 Å². The molecule has 5 aromatic rings. The Hall–Kier alpha value is -4.11. The number of rotatable bonds is 5. The van der Waals surface area contributed by atoms with Gasteiger partial charge in [-0.1, -0.05) is 12.1 Å². The van der Waals surface area contributed by atoms with E-state index in [0.29, 0.717) is 12.0 Å². The smallest absolute Gasteiger partial charge is 0.246 e. The molecule has 0 atom stereocenters. The molecular formula is C26H27N9. The topological polar surface area (TPSA) is 100 Å². The van der Waals surface area contributed by atoms with E-state index in [9.17, 15) is 0 Å². The molecule has 35 heavy (non-hydrogen) atoms. The summed E-state index contributed by atoms with van der Waals surface area (Å²) in [6.45, 7) is 9.06. The highest BCUT2D eigenvalue weighted by Gasteiger charge is 2.21. The lowest BCUT2D eigenvalue weighted by Crippen LogP contribution is -2.38. The standard InChI is InChI=1S/C26H27N9/c1-16(2)34-9-10-35-23(14-34)32-26(33-35)31-20-12-19-11-18(7-8-21(19)27-13-20)24-25(29-15-28-24)22-6-4-5-17(3)30-22/h4-8,11-13,15-16H,9-10,14H2,1-3H3,(H,28,29)(H,31,33). The first-order valence-corrected chi connectivity index (χ1v) is 11.9. The molecule has 1 aliphatic rings. The van der Waals surface area contributed by atoms with Gasteiger partial charge in [0.15, 0.2) is 0 Å². The Morgan fingerprint density at radius 2 is 1.94 bits per heavy atom. The molecule has 0 fully saturated rings. The molecule has 2 N–H and O–H groups in total. The Labute approximate surface area is 203 Å². The van der Waals surface area contributed by atoms with Crippen LogP contribution in [0.3, 0.4) is 0 Å². The lowest BCUT2D eigenvalue weighted by Gasteiger charge is -2.29. The lowest BCUT2D eigenvalue weighted by atomic mass is 10.0. The number of imidazole rings is 1. The molecule has 0 radical (unpaired) electrons. The van der Waals surface area contributed by atoms with E-state index in [1.807, 2.05) is 48.1 Å². The van der Waals surface area contributed by atoms with Crippen molar-refractivity contribution < 1.29 is 0 Å². The number of hydrogen-bond acceptors (Lipinski definition) is 7. The van der Waals surface area contributed by atoms with Crippen LogP contribution in [0.25, 0.3) is 33.5 Å². The largest absolute Gasteiger partial charge is 0.343 e. The van der Waals surface area contributed by atoms with E-state index in [0.717, 1.165) is 70.4 Å². The molecule has 176 valence electrons. The van der Waals surface area contributed by atoms with Crippen LogP contribution >= 0.6 is 0 Å². The third kappa shape index (κ3) is 4.15. The maximum Gasteiger partial charge on any atom is 0.246 e. The van der Waals surface area contributed by atoms with Crippen molar-refractivity contribution in [1.29, 1.82) is 0 Å². The van der Waals surface area contributed by atoms with Crippen molar-refractivity contribution in [3.05, 3.63) is 66.5 Å². The maximum atomic E-state index is 4.72. The average molecular weight is 466 g/mol. The number of benzene rings is 1. The number of anilines is 2. The number of pyridine rings is 2. The number of H-pyrrole nitrogens is 1. The number of aromatic nitrogens is 7. The highest BCUT2D eigenvalue weighted by atomic mass is 15.4. The van der Waals surface area contributed by atoms with Gasteiger partial charge in [-0.05, 0) is 51.1 Å². The number of fused-ring (bicyclic) bond motifs is 2. The monoisotopic (exact) mass is 465 g/mol. The highest BCUT2D eigenvalue weighted by Crippen LogP contribution is 2.31. The first-order chi connectivity index (χ1) is 17.0. The molecule has 5 heterocycles. The highest BCUT2D eigenvalue weighted by molar-refractivity contribution is 5.88. The van der Waals surface area contributed by atoms with Gasteiger partial charge >= 0.3 is 0 Å². The molecule has 0 amide bonds. The molecule has 0 bridgehead atoms. The fourth-order valence-electron chi connectivity index (χ4n) is 4.52. The molecule has 1 aliphatic heterocycles. The van der Waals surface area contributed by atoms with E-state index >= 15 is 0 Å². The Bertz CT molecular complexity index is 1510. The number of nitrogens with one attached hydrogen (secondary N) is 2. The van der Waals surface area contributed by atoms with Crippen LogP contribution in [0.1, 0.15) is 25.4 Å². The molecule has 1 aromatic carbocycles. The minimum Gasteiger partial charge on any atom is -0.343 e. The van der Waals surface area contributed by atoms with E-state index in [1.165, 1.54) is 0 Å². The Morgan fingerprint density at radius 3 is 2.80 bits per heavy atom. The molecule has 9 nitrogen and oxygen atoms in total. The number of aryl methyl sites for hydroxylation is 1. The molecule has 9 heteroatoms. The van der Waals surface area contributed by atoms with Crippen LogP contribution in [0.4, 0.5) is 11.6 Å². The summed E-state index contributed by atoms with van der Waals surface area (Å²) >= 11 is 0. The second-order valence-electron chi connectivity index (χ2n) is 9.19. The van der Waals surface area contributed by atoms with Gasteiger partial charge in [0, 0.05) is 29.2 Å². The zero-order valence-corrected chi connectivity index (χ0v) is 20.0. The summed E-state index contributed by atoms with van der Waals surface area (Å²) in [5, 5.41) is 9.00. The zero-order valence-electron chi connectivity index (χ0n) is 20.0. The molecule has 4 aromatic heterocycles. The van der Waals surface area contributed by atoms with Crippen molar-refractivity contribution in [1.82, 2.24) is 39.6 Å². The van der Waals surface area contributed by atoms with E-state index < -0.39 is 0 Å². The van der Waals surface area contributed by atoms with Crippen LogP contribution < -0.4 is 5.32 Å². The van der Waals surface area contributed by atoms with Crippen molar-refractivity contribution in [2.24, 2.45) is 0 Å². The van der Waals surface area contributed by atoms with E-state index in [-0.39, 0.29) is 0 Å². The summed E-state index contributed by atoms with van der Waals surface area (Å²) in [6, 6.07) is 14.7. The quantitative estimate of drug-likeness (QED) is 0.393. The van der Waals surface area contributed by atoms with Gasteiger partial charge in [0.05, 0.1) is 53.9 Å². The summed E-state index contributed by atoms with van der Waals surface area (Å²) in [4.78, 5) is 24.3. The van der Waals surface area contributed by atoms with Crippen LogP contribution in [-0.4, -0.2) is 52.2 Å². The molecular weight excluding hydrogens is 438 g/mol. The van der Waals surface area contributed by atoms with Gasteiger partial charge in [-0.15, -0.1) is 5.10 Å². The summed E-state index contributed by atoms with van der Waals surface area (Å²) in [7, 11) is 0. The van der Waals surface area contributed by atoms with Gasteiger partial charge in [0.2, 0.25) is 5.95 Å². The lowest BCUT2D eigenvalue weighted by molar-refractivity contribution is 0.168. The van der Waals surface area contributed by atoms with E-state index in [2.05, 4.69) is 61.2 Å². The van der Waals surface area contributed by atoms with Crippen LogP contribution in [0.2, 0.25) is 0 Å². The van der Waals surface area contributed by atoms with Crippen molar-refractivity contribution in [3.63, 3.8) is 0 Å². The molecule has 0 spiro atoms. The first kappa shape index (κ1) is 21.4. The molecule has 6 rings (SSSR count). The van der Waals surface area contributed by atoms with Crippen LogP contribution in [0.15, 0.2) is 55.0 Å². The SMILES string of the molecule is Cc1cccc(-c2[nH]cnc2-c2ccc3ncc(Nc4nc5n(n4)CCN(C(C)C)C5)cc3c2)n1. The summed E-state index contributed by atoms with van der Waals surface area (Å²) in [5.41, 5.74) is 6.36. The van der Waals surface area contributed by atoms with Crippen molar-refractivity contribution in [2.75, 3.05) is 11.9 Å². The van der Waals surface area contributed by atoms with Crippen LogP contribution in [-0.2, 0) is 13.1 Å². The fraction of sp³-hybridized carbons (Fsp3) is 0.269. The second-order valence-corrected chi connectivity index (χ2v) is 9.19. The van der Waals surface area contributed by atoms with Crippen LogP contribution in [0, 0.1) is 6.92 Å². The molecule has 0 saturated heterocycles. The van der Waals surface area contributed by atoms with Gasteiger partial charge in [-0.3, -0.25) is 14.9 Å². The minimum absolute atomic E-state index is 0.493. The predicted octanol–water partition coefficient (Wildman–Crippen LogP) is 4.55. The third-order valence-corrected chi connectivity index (χ3v) is 6.42. The number of hydrogen-bond donors (Lipinski definition) is 2. The van der Waals surface area contributed by atoms with Crippen molar-refractivity contribution in [3.8, 4) is 22.6 Å². The Kier molecular flexibility index (Phi) is 5.26. The zero-order chi connectivity index (χ0) is 23.9. The molecule has 0 aliphatic carbocycles.